The maximum absolute atomic E-state index is 11.2. The van der Waals surface area contributed by atoms with Gasteiger partial charge < -0.3 is 5.11 Å². The number of hydrogen-bond donors (Lipinski definition) is 1. The predicted molar refractivity (Wildman–Crippen MR) is 81.4 cm³/mol. The molecule has 0 aliphatic rings. The molecular weight excluding hydrogens is 272 g/mol. The molecule has 0 bridgehead atoms. The van der Waals surface area contributed by atoms with E-state index in [1.165, 1.54) is 0 Å². The third-order valence-electron chi connectivity index (χ3n) is 3.31. The molecule has 0 saturated heterocycles. The molecule has 0 amide bonds. The largest absolute Gasteiger partial charge is 0.508 e. The average Bonchev–Trinajstić information content (AvgIpc) is 2.48. The number of benzene rings is 3. The lowest BCUT2D eigenvalue weighted by Gasteiger charge is -2.11. The van der Waals surface area contributed by atoms with Crippen molar-refractivity contribution >= 4 is 28.7 Å². The monoisotopic (exact) mass is 282 g/mol. The van der Waals surface area contributed by atoms with Gasteiger partial charge in [0.15, 0.2) is 6.29 Å². The fourth-order valence-electron chi connectivity index (χ4n) is 2.39. The van der Waals surface area contributed by atoms with E-state index in [-0.39, 0.29) is 5.75 Å². The zero-order chi connectivity index (χ0) is 14.1. The van der Waals surface area contributed by atoms with Crippen molar-refractivity contribution in [2.24, 2.45) is 0 Å². The molecule has 3 aromatic carbocycles. The summed E-state index contributed by atoms with van der Waals surface area (Å²) in [7, 11) is 0. The third-order valence-corrected chi connectivity index (χ3v) is 3.61. The van der Waals surface area contributed by atoms with Crippen LogP contribution in [0.1, 0.15) is 10.4 Å². The third kappa shape index (κ3) is 2.04. The van der Waals surface area contributed by atoms with Gasteiger partial charge in [0.05, 0.1) is 0 Å². The van der Waals surface area contributed by atoms with Gasteiger partial charge in [-0.1, -0.05) is 48.0 Å². The summed E-state index contributed by atoms with van der Waals surface area (Å²) in [6.45, 7) is 0. The van der Waals surface area contributed by atoms with Gasteiger partial charge in [-0.25, -0.2) is 0 Å². The number of halogens is 1. The highest BCUT2D eigenvalue weighted by Crippen LogP contribution is 2.37. The highest BCUT2D eigenvalue weighted by Gasteiger charge is 2.12. The molecular formula is C17H11ClO2. The molecule has 0 unspecified atom stereocenters. The Kier molecular flexibility index (Phi) is 3.17. The highest BCUT2D eigenvalue weighted by molar-refractivity contribution is 6.35. The number of carbonyl (C=O) groups excluding carboxylic acids is 1. The molecule has 3 heteroatoms. The summed E-state index contributed by atoms with van der Waals surface area (Å²) in [5.74, 6) is 0.207. The first-order valence-corrected chi connectivity index (χ1v) is 6.54. The molecule has 0 saturated carbocycles. The van der Waals surface area contributed by atoms with Gasteiger partial charge in [-0.15, -0.1) is 0 Å². The Morgan fingerprint density at radius 3 is 2.25 bits per heavy atom. The lowest BCUT2D eigenvalue weighted by Crippen LogP contribution is -1.89. The van der Waals surface area contributed by atoms with E-state index in [0.29, 0.717) is 10.6 Å². The predicted octanol–water partition coefficient (Wildman–Crippen LogP) is 4.68. The van der Waals surface area contributed by atoms with E-state index >= 15 is 0 Å². The maximum atomic E-state index is 11.2. The summed E-state index contributed by atoms with van der Waals surface area (Å²) in [4.78, 5) is 11.2. The molecule has 0 spiro atoms. The van der Waals surface area contributed by atoms with Crippen LogP contribution in [-0.4, -0.2) is 11.4 Å². The van der Waals surface area contributed by atoms with Crippen LogP contribution in [0.3, 0.4) is 0 Å². The second kappa shape index (κ2) is 4.99. The molecule has 3 rings (SSSR count). The molecule has 0 heterocycles. The molecule has 0 aliphatic heterocycles. The van der Waals surface area contributed by atoms with Crippen LogP contribution < -0.4 is 0 Å². The normalized spacial score (nSPS) is 10.7. The van der Waals surface area contributed by atoms with Crippen molar-refractivity contribution in [3.8, 4) is 16.9 Å². The minimum absolute atomic E-state index is 0.207. The fraction of sp³-hybridized carbons (Fsp3) is 0. The number of aromatic hydroxyl groups is 1. The summed E-state index contributed by atoms with van der Waals surface area (Å²) in [6.07, 6.45) is 0.814. The zero-order valence-corrected chi connectivity index (χ0v) is 11.3. The van der Waals surface area contributed by atoms with E-state index in [2.05, 4.69) is 0 Å². The Labute approximate surface area is 121 Å². The summed E-state index contributed by atoms with van der Waals surface area (Å²) < 4.78 is 0. The van der Waals surface area contributed by atoms with Crippen LogP contribution in [0.4, 0.5) is 0 Å². The fourth-order valence-corrected chi connectivity index (χ4v) is 2.72. The van der Waals surface area contributed by atoms with Crippen LogP contribution in [0.2, 0.25) is 5.02 Å². The Morgan fingerprint density at radius 1 is 0.950 bits per heavy atom. The van der Waals surface area contributed by atoms with Gasteiger partial charge in [0, 0.05) is 16.1 Å². The van der Waals surface area contributed by atoms with Crippen LogP contribution in [0.5, 0.6) is 5.75 Å². The molecule has 1 N–H and O–H groups in total. The van der Waals surface area contributed by atoms with E-state index in [4.69, 9.17) is 11.6 Å². The summed E-state index contributed by atoms with van der Waals surface area (Å²) >= 11 is 6.34. The number of aldehydes is 1. The van der Waals surface area contributed by atoms with E-state index in [0.717, 1.165) is 28.2 Å². The Morgan fingerprint density at radius 2 is 1.60 bits per heavy atom. The van der Waals surface area contributed by atoms with E-state index in [1.54, 1.807) is 18.2 Å². The molecule has 98 valence electrons. The van der Waals surface area contributed by atoms with Crippen molar-refractivity contribution in [2.45, 2.75) is 0 Å². The van der Waals surface area contributed by atoms with Crippen molar-refractivity contribution < 1.29 is 9.90 Å². The molecule has 0 atom stereocenters. The quantitative estimate of drug-likeness (QED) is 0.693. The zero-order valence-electron chi connectivity index (χ0n) is 10.5. The van der Waals surface area contributed by atoms with Crippen molar-refractivity contribution in [2.75, 3.05) is 0 Å². The number of phenolic OH excluding ortho intramolecular Hbond substituents is 1. The van der Waals surface area contributed by atoms with Gasteiger partial charge in [-0.2, -0.15) is 0 Å². The highest BCUT2D eigenvalue weighted by atomic mass is 35.5. The van der Waals surface area contributed by atoms with Crippen molar-refractivity contribution in [3.63, 3.8) is 0 Å². The number of rotatable bonds is 2. The topological polar surface area (TPSA) is 37.3 Å². The first-order chi connectivity index (χ1) is 9.70. The maximum Gasteiger partial charge on any atom is 0.150 e. The number of phenols is 1. The Hall–Kier alpha value is -2.32. The Bertz CT molecular complexity index is 792. The molecule has 20 heavy (non-hydrogen) atoms. The molecule has 2 nitrogen and oxygen atoms in total. The second-order valence-electron chi connectivity index (χ2n) is 4.53. The summed E-state index contributed by atoms with van der Waals surface area (Å²) in [5, 5.41) is 11.7. The van der Waals surface area contributed by atoms with Crippen LogP contribution in [0, 0.1) is 0 Å². The number of hydrogen-bond acceptors (Lipinski definition) is 2. The van der Waals surface area contributed by atoms with Crippen LogP contribution in [0.25, 0.3) is 21.9 Å². The summed E-state index contributed by atoms with van der Waals surface area (Å²) in [6, 6.07) is 16.2. The SMILES string of the molecule is O=Cc1cc(Cl)c(-c2ccc(O)cc2)c2ccccc12. The lowest BCUT2D eigenvalue weighted by molar-refractivity contribution is 0.112. The van der Waals surface area contributed by atoms with Gasteiger partial charge >= 0.3 is 0 Å². The van der Waals surface area contributed by atoms with E-state index in [1.807, 2.05) is 36.4 Å². The minimum atomic E-state index is 0.207. The van der Waals surface area contributed by atoms with Crippen LogP contribution >= 0.6 is 11.6 Å². The van der Waals surface area contributed by atoms with Crippen molar-refractivity contribution in [3.05, 3.63) is 65.2 Å². The first-order valence-electron chi connectivity index (χ1n) is 6.16. The van der Waals surface area contributed by atoms with E-state index < -0.39 is 0 Å². The minimum Gasteiger partial charge on any atom is -0.508 e. The van der Waals surface area contributed by atoms with Gasteiger partial charge in [0.1, 0.15) is 5.75 Å². The van der Waals surface area contributed by atoms with Crippen molar-refractivity contribution in [1.29, 1.82) is 0 Å². The Balaban J connectivity index is 2.38. The molecule has 0 radical (unpaired) electrons. The van der Waals surface area contributed by atoms with E-state index in [9.17, 15) is 9.90 Å². The van der Waals surface area contributed by atoms with Crippen LogP contribution in [0.15, 0.2) is 54.6 Å². The average molecular weight is 283 g/mol. The molecule has 0 aliphatic carbocycles. The molecule has 3 aromatic rings. The second-order valence-corrected chi connectivity index (χ2v) is 4.94. The van der Waals surface area contributed by atoms with Gasteiger partial charge in [-0.05, 0) is 34.5 Å². The standard InChI is InChI=1S/C17H11ClO2/c18-16-9-12(10-19)14-3-1-2-4-15(14)17(16)11-5-7-13(20)8-6-11/h1-10,20H. The van der Waals surface area contributed by atoms with Gasteiger partial charge in [-0.3, -0.25) is 4.79 Å². The lowest BCUT2D eigenvalue weighted by atomic mass is 9.95. The van der Waals surface area contributed by atoms with Gasteiger partial charge in [0.25, 0.3) is 0 Å². The molecule has 0 fully saturated rings. The first kappa shape index (κ1) is 12.7. The number of fused-ring (bicyclic) bond motifs is 1. The van der Waals surface area contributed by atoms with Gasteiger partial charge in [0.2, 0.25) is 0 Å². The summed E-state index contributed by atoms with van der Waals surface area (Å²) in [5.41, 5.74) is 2.35. The number of carbonyl (C=O) groups is 1. The molecule has 0 aromatic heterocycles. The van der Waals surface area contributed by atoms with Crippen LogP contribution in [-0.2, 0) is 0 Å². The van der Waals surface area contributed by atoms with Crippen molar-refractivity contribution in [1.82, 2.24) is 0 Å². The smallest absolute Gasteiger partial charge is 0.150 e.